The zero-order chi connectivity index (χ0) is 8.10. The first kappa shape index (κ1) is 7.68. The summed E-state index contributed by atoms with van der Waals surface area (Å²) in [4.78, 5) is 14.8. The van der Waals surface area contributed by atoms with Crippen LogP contribution in [0, 0.1) is 0 Å². The van der Waals surface area contributed by atoms with Crippen LogP contribution in [0.2, 0.25) is 0 Å². The number of carbonyl (C=O) groups excluding carboxylic acids is 1. The summed E-state index contributed by atoms with van der Waals surface area (Å²) in [6.07, 6.45) is 3.10. The molecule has 0 spiro atoms. The van der Waals surface area contributed by atoms with E-state index in [2.05, 4.69) is 10.3 Å². The van der Waals surface area contributed by atoms with Crippen molar-refractivity contribution in [3.8, 4) is 0 Å². The van der Waals surface area contributed by atoms with E-state index in [-0.39, 0.29) is 12.6 Å². The van der Waals surface area contributed by atoms with Gasteiger partial charge >= 0.3 is 0 Å². The van der Waals surface area contributed by atoms with Crippen molar-refractivity contribution in [2.75, 3.05) is 6.67 Å². The molecule has 0 fully saturated rings. The Morgan fingerprint density at radius 3 is 3.09 bits per heavy atom. The van der Waals surface area contributed by atoms with E-state index >= 15 is 0 Å². The number of amides is 1. The molecule has 0 aliphatic rings. The van der Waals surface area contributed by atoms with E-state index in [0.29, 0.717) is 5.56 Å². The van der Waals surface area contributed by atoms with Crippen LogP contribution in [-0.4, -0.2) is 17.6 Å². The second-order valence-electron chi connectivity index (χ2n) is 1.95. The molecule has 0 saturated carbocycles. The molecular weight excluding hydrogens is 142 g/mol. The third-order valence-corrected chi connectivity index (χ3v) is 1.19. The van der Waals surface area contributed by atoms with E-state index in [1.807, 2.05) is 0 Å². The van der Waals surface area contributed by atoms with Crippen molar-refractivity contribution >= 4 is 5.91 Å². The molecule has 1 amide bonds. The van der Waals surface area contributed by atoms with Crippen LogP contribution in [0.1, 0.15) is 10.4 Å². The molecule has 58 valence electrons. The summed E-state index contributed by atoms with van der Waals surface area (Å²) in [6, 6.07) is 3.38. The zero-order valence-corrected chi connectivity index (χ0v) is 5.95. The fourth-order valence-corrected chi connectivity index (χ4v) is 0.692. The molecule has 1 aromatic heterocycles. The van der Waals surface area contributed by atoms with Crippen LogP contribution >= 0.6 is 0 Å². The van der Waals surface area contributed by atoms with Gasteiger partial charge in [0.2, 0.25) is 0 Å². The largest absolute Gasteiger partial charge is 0.340 e. The zero-order valence-electron chi connectivity index (χ0n) is 5.95. The number of nitrogens with one attached hydrogen (secondary N) is 1. The molecule has 0 unspecified atom stereocenters. The average Bonchev–Trinajstić information content (AvgIpc) is 2.07. The Morgan fingerprint density at radius 1 is 1.73 bits per heavy atom. The smallest absolute Gasteiger partial charge is 0.253 e. The van der Waals surface area contributed by atoms with Crippen LogP contribution in [-0.2, 0) is 0 Å². The molecule has 0 aliphatic heterocycles. The fraction of sp³-hybridized carbons (Fsp3) is 0.143. The van der Waals surface area contributed by atoms with Crippen LogP contribution in [0.5, 0.6) is 0 Å². The summed E-state index contributed by atoms with van der Waals surface area (Å²) in [6.45, 7) is 0.147. The monoisotopic (exact) mass is 151 g/mol. The third kappa shape index (κ3) is 2.01. The highest BCUT2D eigenvalue weighted by molar-refractivity contribution is 5.93. The van der Waals surface area contributed by atoms with Crippen molar-refractivity contribution < 1.29 is 4.79 Å². The first-order valence-corrected chi connectivity index (χ1v) is 3.23. The van der Waals surface area contributed by atoms with Crippen molar-refractivity contribution in [2.45, 2.75) is 0 Å². The molecule has 3 N–H and O–H groups in total. The van der Waals surface area contributed by atoms with E-state index < -0.39 is 0 Å². The molecule has 1 heterocycles. The molecule has 1 rings (SSSR count). The van der Waals surface area contributed by atoms with Gasteiger partial charge in [-0.25, -0.2) is 0 Å². The van der Waals surface area contributed by atoms with Gasteiger partial charge in [0.15, 0.2) is 0 Å². The van der Waals surface area contributed by atoms with Crippen LogP contribution in [0.25, 0.3) is 0 Å². The fourth-order valence-electron chi connectivity index (χ4n) is 0.692. The summed E-state index contributed by atoms with van der Waals surface area (Å²) in [5.74, 6) is -0.194. The molecule has 0 bridgehead atoms. The summed E-state index contributed by atoms with van der Waals surface area (Å²) in [5, 5.41) is 2.46. The second kappa shape index (κ2) is 3.68. The van der Waals surface area contributed by atoms with E-state index in [4.69, 9.17) is 5.73 Å². The number of nitrogens with two attached hydrogens (primary N) is 1. The number of aromatic nitrogens is 1. The minimum absolute atomic E-state index is 0.147. The highest BCUT2D eigenvalue weighted by Gasteiger charge is 2.00. The highest BCUT2D eigenvalue weighted by Crippen LogP contribution is 1.93. The Labute approximate surface area is 64.4 Å². The van der Waals surface area contributed by atoms with E-state index in [1.165, 1.54) is 6.20 Å². The van der Waals surface area contributed by atoms with Gasteiger partial charge in [-0.05, 0) is 12.1 Å². The maximum Gasteiger partial charge on any atom is 0.253 e. The quantitative estimate of drug-likeness (QED) is 0.571. The Balaban J connectivity index is 2.69. The molecule has 0 radical (unpaired) electrons. The van der Waals surface area contributed by atoms with Crippen molar-refractivity contribution in [3.63, 3.8) is 0 Å². The summed E-state index contributed by atoms with van der Waals surface area (Å²) < 4.78 is 0. The average molecular weight is 151 g/mol. The lowest BCUT2D eigenvalue weighted by molar-refractivity contribution is 0.0954. The molecule has 0 aliphatic carbocycles. The van der Waals surface area contributed by atoms with Gasteiger partial charge in [0, 0.05) is 12.4 Å². The van der Waals surface area contributed by atoms with Crippen LogP contribution < -0.4 is 11.1 Å². The molecule has 0 atom stereocenters. The minimum atomic E-state index is -0.194. The van der Waals surface area contributed by atoms with Gasteiger partial charge in [0.25, 0.3) is 5.91 Å². The highest BCUT2D eigenvalue weighted by atomic mass is 16.1. The first-order valence-electron chi connectivity index (χ1n) is 3.23. The standard InChI is InChI=1S/C7H9N3O/c8-5-10-7(11)6-2-1-3-9-4-6/h1-4H,5,8H2,(H,10,11). The predicted octanol–water partition coefficient (Wildman–Crippen LogP) is -0.272. The molecule has 11 heavy (non-hydrogen) atoms. The van der Waals surface area contributed by atoms with Gasteiger partial charge in [0.05, 0.1) is 12.2 Å². The Kier molecular flexibility index (Phi) is 2.57. The number of nitrogens with zero attached hydrogens (tertiary/aromatic N) is 1. The lowest BCUT2D eigenvalue weighted by Gasteiger charge is -1.99. The predicted molar refractivity (Wildman–Crippen MR) is 40.8 cm³/mol. The first-order chi connectivity index (χ1) is 5.34. The van der Waals surface area contributed by atoms with Gasteiger partial charge in [-0.1, -0.05) is 0 Å². The van der Waals surface area contributed by atoms with Crippen molar-refractivity contribution in [1.82, 2.24) is 10.3 Å². The summed E-state index contributed by atoms with van der Waals surface area (Å²) in [5.41, 5.74) is 5.64. The Morgan fingerprint density at radius 2 is 2.55 bits per heavy atom. The maximum atomic E-state index is 11.0. The van der Waals surface area contributed by atoms with E-state index in [9.17, 15) is 4.79 Å². The lowest BCUT2D eigenvalue weighted by atomic mass is 10.3. The number of hydrogen-bond acceptors (Lipinski definition) is 3. The number of pyridine rings is 1. The van der Waals surface area contributed by atoms with Gasteiger partial charge < -0.3 is 11.1 Å². The van der Waals surface area contributed by atoms with Gasteiger partial charge in [0.1, 0.15) is 0 Å². The molecule has 4 heteroatoms. The van der Waals surface area contributed by atoms with Crippen molar-refractivity contribution in [1.29, 1.82) is 0 Å². The Bertz CT molecular complexity index is 235. The lowest BCUT2D eigenvalue weighted by Crippen LogP contribution is -2.29. The molecule has 1 aromatic rings. The maximum absolute atomic E-state index is 11.0. The number of hydrogen-bond donors (Lipinski definition) is 2. The minimum Gasteiger partial charge on any atom is -0.340 e. The van der Waals surface area contributed by atoms with Gasteiger partial charge in [-0.2, -0.15) is 0 Å². The molecular formula is C7H9N3O. The van der Waals surface area contributed by atoms with E-state index in [1.54, 1.807) is 18.3 Å². The SMILES string of the molecule is NCNC(=O)c1cccnc1. The summed E-state index contributed by atoms with van der Waals surface area (Å²) >= 11 is 0. The van der Waals surface area contributed by atoms with Gasteiger partial charge in [-0.3, -0.25) is 9.78 Å². The normalized spacial score (nSPS) is 9.18. The van der Waals surface area contributed by atoms with Crippen LogP contribution in [0.3, 0.4) is 0 Å². The van der Waals surface area contributed by atoms with E-state index in [0.717, 1.165) is 0 Å². The van der Waals surface area contributed by atoms with Crippen LogP contribution in [0.4, 0.5) is 0 Å². The Hall–Kier alpha value is -1.42. The third-order valence-electron chi connectivity index (χ3n) is 1.19. The topological polar surface area (TPSA) is 68.0 Å². The molecule has 0 aromatic carbocycles. The van der Waals surface area contributed by atoms with Crippen molar-refractivity contribution in [3.05, 3.63) is 30.1 Å². The second-order valence-corrected chi connectivity index (χ2v) is 1.95. The molecule has 0 saturated heterocycles. The summed E-state index contributed by atoms with van der Waals surface area (Å²) in [7, 11) is 0. The number of carbonyl (C=O) groups is 1. The number of rotatable bonds is 2. The van der Waals surface area contributed by atoms with Crippen molar-refractivity contribution in [2.24, 2.45) is 5.73 Å². The van der Waals surface area contributed by atoms with Gasteiger partial charge in [-0.15, -0.1) is 0 Å². The molecule has 4 nitrogen and oxygen atoms in total. The van der Waals surface area contributed by atoms with Crippen LogP contribution in [0.15, 0.2) is 24.5 Å².